The first-order valence-corrected chi connectivity index (χ1v) is 11.0. The van der Waals surface area contributed by atoms with Gasteiger partial charge in [0.05, 0.1) is 6.42 Å². The molecule has 8 heteroatoms. The monoisotopic (exact) mass is 407 g/mol. The summed E-state index contributed by atoms with van der Waals surface area (Å²) in [5.74, 6) is -0.972. The van der Waals surface area contributed by atoms with Crippen LogP contribution in [-0.4, -0.2) is 64.4 Å². The lowest BCUT2D eigenvalue weighted by atomic mass is 9.82. The molecule has 3 fully saturated rings. The molecule has 0 aromatic heterocycles. The Morgan fingerprint density at radius 3 is 2.59 bits per heavy atom. The molecule has 8 nitrogen and oxygen atoms in total. The Morgan fingerprint density at radius 1 is 1.17 bits per heavy atom. The molecule has 2 heterocycles. The Bertz CT molecular complexity index is 659. The van der Waals surface area contributed by atoms with Crippen LogP contribution < -0.4 is 5.32 Å². The van der Waals surface area contributed by atoms with Crippen molar-refractivity contribution in [3.63, 3.8) is 0 Å². The van der Waals surface area contributed by atoms with E-state index in [2.05, 4.69) is 12.2 Å². The first kappa shape index (κ1) is 21.6. The van der Waals surface area contributed by atoms with Crippen molar-refractivity contribution in [1.82, 2.24) is 15.1 Å². The van der Waals surface area contributed by atoms with Crippen LogP contribution in [-0.2, 0) is 19.1 Å². The van der Waals surface area contributed by atoms with E-state index in [9.17, 15) is 19.2 Å². The molecule has 2 atom stereocenters. The Kier molecular flexibility index (Phi) is 6.80. The molecule has 2 saturated heterocycles. The number of carbonyl (C=O) groups excluding carboxylic acids is 4. The number of amides is 4. The van der Waals surface area contributed by atoms with Gasteiger partial charge in [-0.25, -0.2) is 4.79 Å². The van der Waals surface area contributed by atoms with Crippen molar-refractivity contribution in [1.29, 1.82) is 0 Å². The molecule has 1 N–H and O–H groups in total. The Morgan fingerprint density at radius 2 is 1.90 bits per heavy atom. The van der Waals surface area contributed by atoms with Gasteiger partial charge in [-0.2, -0.15) is 0 Å². The smallest absolute Gasteiger partial charge is 0.325 e. The zero-order valence-electron chi connectivity index (χ0n) is 17.6. The maximum atomic E-state index is 12.7. The Balaban J connectivity index is 1.50. The molecule has 3 rings (SSSR count). The molecule has 0 radical (unpaired) electrons. The number of urea groups is 1. The number of nitrogens with zero attached hydrogens (tertiary/aromatic N) is 2. The standard InChI is InChI=1S/C21H33N3O5/c1-3-16-9-5-8-13-23(16)18(26)15(2)29-17(25)10-14-24-19(27)21(22-20(24)28)11-6-4-7-12-21/h15-16H,3-14H2,1-2H3,(H,22,28). The number of rotatable bonds is 6. The minimum Gasteiger partial charge on any atom is -0.452 e. The minimum atomic E-state index is -0.859. The SMILES string of the molecule is CCC1CCCCN1C(=O)C(C)OC(=O)CCN1C(=O)NC2(CCCCC2)C1=O. The van der Waals surface area contributed by atoms with Crippen molar-refractivity contribution < 1.29 is 23.9 Å². The molecule has 0 aromatic carbocycles. The lowest BCUT2D eigenvalue weighted by Crippen LogP contribution is -2.48. The van der Waals surface area contributed by atoms with Crippen molar-refractivity contribution in [2.24, 2.45) is 0 Å². The molecule has 162 valence electrons. The maximum absolute atomic E-state index is 12.7. The van der Waals surface area contributed by atoms with Crippen LogP contribution in [0.25, 0.3) is 0 Å². The van der Waals surface area contributed by atoms with E-state index in [0.717, 1.165) is 49.8 Å². The van der Waals surface area contributed by atoms with Crippen LogP contribution in [0.3, 0.4) is 0 Å². The average Bonchev–Trinajstić information content (AvgIpc) is 2.95. The van der Waals surface area contributed by atoms with Crippen LogP contribution in [0.5, 0.6) is 0 Å². The van der Waals surface area contributed by atoms with Crippen LogP contribution in [0.1, 0.15) is 78.1 Å². The third kappa shape index (κ3) is 4.56. The van der Waals surface area contributed by atoms with Gasteiger partial charge in [-0.3, -0.25) is 19.3 Å². The number of ether oxygens (including phenoxy) is 1. The van der Waals surface area contributed by atoms with E-state index in [1.807, 2.05) is 4.90 Å². The van der Waals surface area contributed by atoms with Gasteiger partial charge in [-0.15, -0.1) is 0 Å². The summed E-state index contributed by atoms with van der Waals surface area (Å²) in [5, 5.41) is 2.83. The second-order valence-electron chi connectivity index (χ2n) is 8.50. The molecule has 2 aliphatic heterocycles. The van der Waals surface area contributed by atoms with Crippen LogP contribution in [0.15, 0.2) is 0 Å². The summed E-state index contributed by atoms with van der Waals surface area (Å²) >= 11 is 0. The number of likely N-dealkylation sites (tertiary alicyclic amines) is 1. The Labute approximate surface area is 172 Å². The highest BCUT2D eigenvalue weighted by Gasteiger charge is 2.51. The van der Waals surface area contributed by atoms with Gasteiger partial charge in [0.1, 0.15) is 5.54 Å². The Hall–Kier alpha value is -2.12. The van der Waals surface area contributed by atoms with Crippen molar-refractivity contribution >= 4 is 23.8 Å². The number of carbonyl (C=O) groups is 4. The van der Waals surface area contributed by atoms with Crippen molar-refractivity contribution in [3.8, 4) is 0 Å². The lowest BCUT2D eigenvalue weighted by molar-refractivity contribution is -0.161. The first-order valence-electron chi connectivity index (χ1n) is 11.0. The van der Waals surface area contributed by atoms with E-state index < -0.39 is 23.6 Å². The van der Waals surface area contributed by atoms with Crippen LogP contribution >= 0.6 is 0 Å². The molecule has 1 aliphatic carbocycles. The van der Waals surface area contributed by atoms with E-state index in [1.54, 1.807) is 6.92 Å². The van der Waals surface area contributed by atoms with Gasteiger partial charge in [0, 0.05) is 19.1 Å². The largest absolute Gasteiger partial charge is 0.452 e. The lowest BCUT2D eigenvalue weighted by Gasteiger charge is -2.36. The fourth-order valence-electron chi connectivity index (χ4n) is 4.83. The van der Waals surface area contributed by atoms with Crippen LogP contribution in [0.4, 0.5) is 4.79 Å². The second-order valence-corrected chi connectivity index (χ2v) is 8.50. The van der Waals surface area contributed by atoms with Crippen LogP contribution in [0.2, 0.25) is 0 Å². The fraction of sp³-hybridized carbons (Fsp3) is 0.810. The highest BCUT2D eigenvalue weighted by Crippen LogP contribution is 2.33. The molecule has 1 saturated carbocycles. The van der Waals surface area contributed by atoms with E-state index in [0.29, 0.717) is 19.4 Å². The average molecular weight is 408 g/mol. The molecule has 0 bridgehead atoms. The summed E-state index contributed by atoms with van der Waals surface area (Å²) in [6, 6.07) is -0.233. The van der Waals surface area contributed by atoms with Gasteiger partial charge in [0.15, 0.2) is 6.10 Å². The number of imide groups is 1. The number of hydrogen-bond donors (Lipinski definition) is 1. The second kappa shape index (κ2) is 9.13. The van der Waals surface area contributed by atoms with Gasteiger partial charge < -0.3 is 15.0 Å². The summed E-state index contributed by atoms with van der Waals surface area (Å²) in [4.78, 5) is 52.9. The zero-order valence-corrected chi connectivity index (χ0v) is 17.6. The van der Waals surface area contributed by atoms with Crippen molar-refractivity contribution in [3.05, 3.63) is 0 Å². The molecule has 29 heavy (non-hydrogen) atoms. The zero-order chi connectivity index (χ0) is 21.0. The maximum Gasteiger partial charge on any atom is 0.325 e. The predicted octanol–water partition coefficient (Wildman–Crippen LogP) is 2.35. The molecule has 4 amide bonds. The quantitative estimate of drug-likeness (QED) is 0.539. The first-order chi connectivity index (χ1) is 13.9. The highest BCUT2D eigenvalue weighted by atomic mass is 16.5. The topological polar surface area (TPSA) is 96.0 Å². The molecule has 2 unspecified atom stereocenters. The van der Waals surface area contributed by atoms with E-state index >= 15 is 0 Å². The number of nitrogens with one attached hydrogen (secondary N) is 1. The molecular weight excluding hydrogens is 374 g/mol. The number of piperidine rings is 1. The van der Waals surface area contributed by atoms with Gasteiger partial charge in [-0.1, -0.05) is 26.2 Å². The van der Waals surface area contributed by atoms with Gasteiger partial charge in [-0.05, 0) is 45.4 Å². The fourth-order valence-corrected chi connectivity index (χ4v) is 4.83. The molecular formula is C21H33N3O5. The highest BCUT2D eigenvalue weighted by molar-refractivity contribution is 6.07. The molecule has 1 spiro atoms. The van der Waals surface area contributed by atoms with Gasteiger partial charge in [0.25, 0.3) is 11.8 Å². The third-order valence-electron chi connectivity index (χ3n) is 6.53. The van der Waals surface area contributed by atoms with E-state index in [4.69, 9.17) is 4.74 Å². The number of hydrogen-bond acceptors (Lipinski definition) is 5. The predicted molar refractivity (Wildman–Crippen MR) is 106 cm³/mol. The summed E-state index contributed by atoms with van der Waals surface area (Å²) in [6.07, 6.45) is 7.19. The van der Waals surface area contributed by atoms with Gasteiger partial charge >= 0.3 is 12.0 Å². The summed E-state index contributed by atoms with van der Waals surface area (Å²) < 4.78 is 5.33. The van der Waals surface area contributed by atoms with Crippen molar-refractivity contribution in [2.75, 3.05) is 13.1 Å². The van der Waals surface area contributed by atoms with Gasteiger partial charge in [0.2, 0.25) is 0 Å². The third-order valence-corrected chi connectivity index (χ3v) is 6.53. The normalized spacial score (nSPS) is 25.1. The van der Waals surface area contributed by atoms with E-state index in [-0.39, 0.29) is 30.8 Å². The molecule has 3 aliphatic rings. The summed E-state index contributed by atoms with van der Waals surface area (Å²) in [7, 11) is 0. The van der Waals surface area contributed by atoms with Crippen molar-refractivity contribution in [2.45, 2.75) is 95.7 Å². The molecule has 0 aromatic rings. The number of esters is 1. The summed E-state index contributed by atoms with van der Waals surface area (Å²) in [6.45, 7) is 4.33. The van der Waals surface area contributed by atoms with Crippen LogP contribution in [0, 0.1) is 0 Å². The minimum absolute atomic E-state index is 0.0204. The van der Waals surface area contributed by atoms with E-state index in [1.165, 1.54) is 0 Å². The summed E-state index contributed by atoms with van der Waals surface area (Å²) in [5.41, 5.74) is -0.786.